The van der Waals surface area contributed by atoms with Gasteiger partial charge in [0.15, 0.2) is 0 Å². The first kappa shape index (κ1) is 13.5. The minimum Gasteiger partial charge on any atom is -0.298 e. The molecule has 0 aromatic rings. The number of carbonyl (C=O) groups is 1. The van der Waals surface area contributed by atoms with Crippen molar-refractivity contribution in [3.63, 3.8) is 0 Å². The standard InChI is InChI=1S/C9H12O.C2H6/c1-4-8(2)5-6-9(3)7-10;1-2/h4-7H,3H2,1-2H3;1-2H3/b6-5-,8-4-;. The summed E-state index contributed by atoms with van der Waals surface area (Å²) in [6, 6.07) is 0. The van der Waals surface area contributed by atoms with Gasteiger partial charge in [0.25, 0.3) is 0 Å². The summed E-state index contributed by atoms with van der Waals surface area (Å²) in [7, 11) is 0. The van der Waals surface area contributed by atoms with E-state index in [0.29, 0.717) is 5.57 Å². The predicted molar refractivity (Wildman–Crippen MR) is 55.1 cm³/mol. The Labute approximate surface area is 75.5 Å². The van der Waals surface area contributed by atoms with Crippen molar-refractivity contribution in [2.24, 2.45) is 0 Å². The van der Waals surface area contributed by atoms with E-state index in [-0.39, 0.29) is 0 Å². The predicted octanol–water partition coefficient (Wildman–Crippen LogP) is 3.29. The van der Waals surface area contributed by atoms with Crippen molar-refractivity contribution in [2.75, 3.05) is 0 Å². The van der Waals surface area contributed by atoms with E-state index in [9.17, 15) is 4.79 Å². The maximum Gasteiger partial charge on any atom is 0.149 e. The Morgan fingerprint density at radius 1 is 1.25 bits per heavy atom. The lowest BCUT2D eigenvalue weighted by molar-refractivity contribution is -0.104. The zero-order valence-corrected chi connectivity index (χ0v) is 8.42. The van der Waals surface area contributed by atoms with E-state index in [1.807, 2.05) is 39.8 Å². The molecule has 0 bridgehead atoms. The van der Waals surface area contributed by atoms with Crippen LogP contribution in [0.1, 0.15) is 27.7 Å². The maximum atomic E-state index is 10.0. The van der Waals surface area contributed by atoms with E-state index < -0.39 is 0 Å². The number of rotatable bonds is 3. The van der Waals surface area contributed by atoms with E-state index in [0.717, 1.165) is 11.9 Å². The first-order valence-corrected chi connectivity index (χ1v) is 4.15. The second-order valence-corrected chi connectivity index (χ2v) is 2.06. The molecule has 0 saturated heterocycles. The van der Waals surface area contributed by atoms with Gasteiger partial charge < -0.3 is 0 Å². The van der Waals surface area contributed by atoms with Gasteiger partial charge in [-0.1, -0.05) is 44.2 Å². The second kappa shape index (κ2) is 9.89. The Bertz CT molecular complexity index is 181. The molecule has 0 N–H and O–H groups in total. The zero-order chi connectivity index (χ0) is 9.98. The van der Waals surface area contributed by atoms with Gasteiger partial charge in [-0.25, -0.2) is 0 Å². The minimum atomic E-state index is 0.501. The summed E-state index contributed by atoms with van der Waals surface area (Å²) in [5, 5.41) is 0. The molecule has 0 unspecified atom stereocenters. The molecule has 0 radical (unpaired) electrons. The monoisotopic (exact) mass is 166 g/mol. The molecule has 0 aromatic heterocycles. The zero-order valence-electron chi connectivity index (χ0n) is 8.42. The van der Waals surface area contributed by atoms with Gasteiger partial charge in [-0.05, 0) is 13.8 Å². The van der Waals surface area contributed by atoms with Crippen LogP contribution in [0.25, 0.3) is 0 Å². The van der Waals surface area contributed by atoms with Crippen LogP contribution in [-0.4, -0.2) is 6.29 Å². The largest absolute Gasteiger partial charge is 0.298 e. The van der Waals surface area contributed by atoms with Crippen molar-refractivity contribution >= 4 is 6.29 Å². The van der Waals surface area contributed by atoms with Crippen LogP contribution >= 0.6 is 0 Å². The van der Waals surface area contributed by atoms with Gasteiger partial charge >= 0.3 is 0 Å². The SMILES string of the molecule is C=C(C=O)/C=C\C(C)=C/C.CC. The molecule has 0 aliphatic carbocycles. The lowest BCUT2D eigenvalue weighted by Crippen LogP contribution is -1.74. The topological polar surface area (TPSA) is 17.1 Å². The average molecular weight is 166 g/mol. The fourth-order valence-electron chi connectivity index (χ4n) is 0.374. The van der Waals surface area contributed by atoms with Gasteiger partial charge in [0.2, 0.25) is 0 Å². The highest BCUT2D eigenvalue weighted by Crippen LogP contribution is 1.96. The summed E-state index contributed by atoms with van der Waals surface area (Å²) in [4.78, 5) is 10.0. The number of hydrogen-bond acceptors (Lipinski definition) is 1. The Morgan fingerprint density at radius 3 is 2.08 bits per heavy atom. The fourth-order valence-corrected chi connectivity index (χ4v) is 0.374. The van der Waals surface area contributed by atoms with Gasteiger partial charge in [0.1, 0.15) is 6.29 Å². The molecule has 0 fully saturated rings. The van der Waals surface area contributed by atoms with Crippen LogP contribution in [-0.2, 0) is 4.79 Å². The van der Waals surface area contributed by atoms with E-state index in [1.165, 1.54) is 0 Å². The summed E-state index contributed by atoms with van der Waals surface area (Å²) in [5.74, 6) is 0. The molecule has 12 heavy (non-hydrogen) atoms. The maximum absolute atomic E-state index is 10.0. The van der Waals surface area contributed by atoms with Crippen LogP contribution in [0.3, 0.4) is 0 Å². The first-order valence-electron chi connectivity index (χ1n) is 4.15. The molecule has 0 atom stereocenters. The van der Waals surface area contributed by atoms with Crippen molar-refractivity contribution in [3.8, 4) is 0 Å². The Balaban J connectivity index is 0. The Hall–Kier alpha value is -1.11. The van der Waals surface area contributed by atoms with Gasteiger partial charge in [-0.2, -0.15) is 0 Å². The smallest absolute Gasteiger partial charge is 0.149 e. The fraction of sp³-hybridized carbons (Fsp3) is 0.364. The molecule has 1 heteroatoms. The van der Waals surface area contributed by atoms with Crippen LogP contribution in [0.4, 0.5) is 0 Å². The molecule has 0 rings (SSSR count). The van der Waals surface area contributed by atoms with Crippen molar-refractivity contribution in [1.82, 2.24) is 0 Å². The first-order chi connectivity index (χ1) is 5.70. The van der Waals surface area contributed by atoms with Gasteiger partial charge in [-0.15, -0.1) is 0 Å². The third-order valence-electron chi connectivity index (χ3n) is 1.17. The van der Waals surface area contributed by atoms with E-state index in [1.54, 1.807) is 6.08 Å². The Morgan fingerprint density at radius 2 is 1.75 bits per heavy atom. The van der Waals surface area contributed by atoms with Gasteiger partial charge in [0, 0.05) is 5.57 Å². The van der Waals surface area contributed by atoms with Gasteiger partial charge in [-0.3, -0.25) is 4.79 Å². The second-order valence-electron chi connectivity index (χ2n) is 2.06. The third kappa shape index (κ3) is 8.89. The molecule has 68 valence electrons. The summed E-state index contributed by atoms with van der Waals surface area (Å²) in [5.41, 5.74) is 1.63. The minimum absolute atomic E-state index is 0.501. The third-order valence-corrected chi connectivity index (χ3v) is 1.17. The molecule has 1 nitrogen and oxygen atoms in total. The lowest BCUT2D eigenvalue weighted by Gasteiger charge is -1.86. The molecule has 0 aromatic carbocycles. The normalized spacial score (nSPS) is 10.5. The van der Waals surface area contributed by atoms with Crippen molar-refractivity contribution in [1.29, 1.82) is 0 Å². The van der Waals surface area contributed by atoms with Crippen LogP contribution in [0.2, 0.25) is 0 Å². The lowest BCUT2D eigenvalue weighted by atomic mass is 10.2. The summed E-state index contributed by atoms with van der Waals surface area (Å²) >= 11 is 0. The average Bonchev–Trinajstić information content (AvgIpc) is 2.16. The summed E-state index contributed by atoms with van der Waals surface area (Å²) < 4.78 is 0. The van der Waals surface area contributed by atoms with Crippen LogP contribution in [0.5, 0.6) is 0 Å². The highest BCUT2D eigenvalue weighted by atomic mass is 16.1. The van der Waals surface area contributed by atoms with Crippen LogP contribution in [0, 0.1) is 0 Å². The molecule has 0 heterocycles. The van der Waals surface area contributed by atoms with E-state index >= 15 is 0 Å². The highest BCUT2D eigenvalue weighted by molar-refractivity contribution is 5.76. The molecule has 0 amide bonds. The number of hydrogen-bond donors (Lipinski definition) is 0. The van der Waals surface area contributed by atoms with E-state index in [4.69, 9.17) is 0 Å². The molecule has 0 aliphatic rings. The van der Waals surface area contributed by atoms with Crippen molar-refractivity contribution in [3.05, 3.63) is 36.0 Å². The number of aldehydes is 1. The molecule has 0 saturated carbocycles. The van der Waals surface area contributed by atoms with Crippen molar-refractivity contribution < 1.29 is 4.79 Å². The summed E-state index contributed by atoms with van der Waals surface area (Å²) in [6.07, 6.45) is 6.26. The van der Waals surface area contributed by atoms with Crippen LogP contribution in [0.15, 0.2) is 36.0 Å². The number of carbonyl (C=O) groups excluding carboxylic acids is 1. The summed E-state index contributed by atoms with van der Waals surface area (Å²) in [6.45, 7) is 11.4. The van der Waals surface area contributed by atoms with Crippen LogP contribution < -0.4 is 0 Å². The van der Waals surface area contributed by atoms with Crippen molar-refractivity contribution in [2.45, 2.75) is 27.7 Å². The molecule has 0 spiro atoms. The molecular weight excluding hydrogens is 148 g/mol. The highest BCUT2D eigenvalue weighted by Gasteiger charge is 1.80. The quantitative estimate of drug-likeness (QED) is 0.357. The number of allylic oxidation sites excluding steroid dienone is 5. The molecule has 0 aliphatic heterocycles. The van der Waals surface area contributed by atoms with E-state index in [2.05, 4.69) is 6.58 Å². The molecular formula is C11H18O. The van der Waals surface area contributed by atoms with Gasteiger partial charge in [0.05, 0.1) is 0 Å². The Kier molecular flexibility index (Phi) is 11.1.